The van der Waals surface area contributed by atoms with E-state index in [0.29, 0.717) is 34.7 Å². The molecule has 0 unspecified atom stereocenters. The third-order valence-corrected chi connectivity index (χ3v) is 5.09. The average molecular weight is 340 g/mol. The minimum atomic E-state index is -0.0481. The van der Waals surface area contributed by atoms with Gasteiger partial charge in [-0.3, -0.25) is 9.59 Å². The van der Waals surface area contributed by atoms with Crippen LogP contribution in [0.25, 0.3) is 0 Å². The second-order valence-electron chi connectivity index (χ2n) is 6.84. The van der Waals surface area contributed by atoms with E-state index >= 15 is 0 Å². The molecule has 1 aliphatic carbocycles. The maximum Gasteiger partial charge on any atom is 0.276 e. The number of likely N-dealkylation sites (tertiary alicyclic amines) is 1. The molecule has 2 atom stereocenters. The van der Waals surface area contributed by atoms with Gasteiger partial charge in [0.15, 0.2) is 17.2 Å². The molecule has 130 valence electrons. The smallest absolute Gasteiger partial charge is 0.276 e. The van der Waals surface area contributed by atoms with Gasteiger partial charge in [0, 0.05) is 24.2 Å². The quantitative estimate of drug-likeness (QED) is 0.782. The molecule has 6 nitrogen and oxygen atoms in total. The molecule has 1 saturated heterocycles. The van der Waals surface area contributed by atoms with Gasteiger partial charge in [-0.15, -0.1) is 0 Å². The zero-order valence-electron chi connectivity index (χ0n) is 14.1. The monoisotopic (exact) mass is 340 g/mol. The highest BCUT2D eigenvalue weighted by Gasteiger charge is 2.41. The number of ketones is 1. The molecular weight excluding hydrogens is 320 g/mol. The Kier molecular flexibility index (Phi) is 4.03. The first-order valence-corrected chi connectivity index (χ1v) is 8.60. The predicted molar refractivity (Wildman–Crippen MR) is 89.4 cm³/mol. The topological polar surface area (TPSA) is 72.6 Å². The third kappa shape index (κ3) is 3.16. The summed E-state index contributed by atoms with van der Waals surface area (Å²) in [5.74, 6) is 1.75. The molecule has 0 N–H and O–H groups in total. The summed E-state index contributed by atoms with van der Waals surface area (Å²) in [5, 5.41) is 3.90. The highest BCUT2D eigenvalue weighted by Crippen LogP contribution is 2.38. The lowest BCUT2D eigenvalue weighted by Gasteiger charge is -2.25. The van der Waals surface area contributed by atoms with E-state index < -0.39 is 0 Å². The fraction of sp³-hybridized carbons (Fsp3) is 0.421. The van der Waals surface area contributed by atoms with Gasteiger partial charge in [0.05, 0.1) is 0 Å². The Morgan fingerprint density at radius 1 is 1.28 bits per heavy atom. The van der Waals surface area contributed by atoms with E-state index in [0.717, 1.165) is 19.4 Å². The van der Waals surface area contributed by atoms with Crippen LogP contribution in [0.4, 0.5) is 0 Å². The van der Waals surface area contributed by atoms with Crippen LogP contribution in [0.5, 0.6) is 5.75 Å². The maximum atomic E-state index is 12.6. The highest BCUT2D eigenvalue weighted by molar-refractivity contribution is 5.94. The Hall–Kier alpha value is -2.63. The van der Waals surface area contributed by atoms with Crippen molar-refractivity contribution in [3.8, 4) is 5.75 Å². The number of fused-ring (bicyclic) bond motifs is 2. The van der Waals surface area contributed by atoms with Crippen molar-refractivity contribution in [2.75, 3.05) is 6.54 Å². The third-order valence-electron chi connectivity index (χ3n) is 5.09. The van der Waals surface area contributed by atoms with E-state index in [2.05, 4.69) is 5.16 Å². The van der Waals surface area contributed by atoms with Gasteiger partial charge in [-0.1, -0.05) is 5.16 Å². The van der Waals surface area contributed by atoms with E-state index in [1.807, 2.05) is 4.90 Å². The predicted octanol–water partition coefficient (Wildman–Crippen LogP) is 3.08. The lowest BCUT2D eigenvalue weighted by molar-refractivity contribution is 0.0692. The van der Waals surface area contributed by atoms with E-state index in [-0.39, 0.29) is 18.3 Å². The molecule has 2 fully saturated rings. The van der Waals surface area contributed by atoms with Crippen molar-refractivity contribution in [2.45, 2.75) is 38.8 Å². The first-order valence-electron chi connectivity index (χ1n) is 8.60. The number of Topliss-reactive ketones (excluding diaryl/α,β-unsaturated/α-hetero) is 1. The number of benzene rings is 1. The van der Waals surface area contributed by atoms with Gasteiger partial charge in [0.25, 0.3) is 5.91 Å². The molecule has 25 heavy (non-hydrogen) atoms. The van der Waals surface area contributed by atoms with Crippen molar-refractivity contribution in [3.05, 3.63) is 47.3 Å². The van der Waals surface area contributed by atoms with Gasteiger partial charge >= 0.3 is 0 Å². The minimum Gasteiger partial charge on any atom is -0.486 e. The van der Waals surface area contributed by atoms with Crippen molar-refractivity contribution in [2.24, 2.45) is 5.92 Å². The molecule has 6 heteroatoms. The molecule has 2 aromatic rings. The highest BCUT2D eigenvalue weighted by atomic mass is 16.5. The van der Waals surface area contributed by atoms with Crippen LogP contribution >= 0.6 is 0 Å². The van der Waals surface area contributed by atoms with Crippen molar-refractivity contribution in [1.29, 1.82) is 0 Å². The number of piperidine rings is 1. The molecule has 1 aromatic carbocycles. The summed E-state index contributed by atoms with van der Waals surface area (Å²) in [4.78, 5) is 25.7. The van der Waals surface area contributed by atoms with Gasteiger partial charge in [-0.05, 0) is 56.4 Å². The lowest BCUT2D eigenvalue weighted by Crippen LogP contribution is -2.37. The molecule has 1 aliphatic heterocycles. The number of nitrogens with zero attached hydrogens (tertiary/aromatic N) is 2. The van der Waals surface area contributed by atoms with Gasteiger partial charge in [0.2, 0.25) is 0 Å². The van der Waals surface area contributed by atoms with Gasteiger partial charge < -0.3 is 14.2 Å². The summed E-state index contributed by atoms with van der Waals surface area (Å²) >= 11 is 0. The summed E-state index contributed by atoms with van der Waals surface area (Å²) < 4.78 is 10.9. The number of carbonyl (C=O) groups excluding carboxylic acids is 2. The summed E-state index contributed by atoms with van der Waals surface area (Å²) in [6.45, 7) is 2.55. The van der Waals surface area contributed by atoms with E-state index in [9.17, 15) is 9.59 Å². The largest absolute Gasteiger partial charge is 0.486 e. The van der Waals surface area contributed by atoms with E-state index in [1.54, 1.807) is 30.3 Å². The average Bonchev–Trinajstić information content (AvgIpc) is 3.36. The van der Waals surface area contributed by atoms with E-state index in [1.165, 1.54) is 13.3 Å². The van der Waals surface area contributed by atoms with Crippen LogP contribution in [-0.4, -0.2) is 34.3 Å². The van der Waals surface area contributed by atoms with Crippen LogP contribution < -0.4 is 4.74 Å². The summed E-state index contributed by atoms with van der Waals surface area (Å²) in [6, 6.07) is 8.93. The van der Waals surface area contributed by atoms with Crippen LogP contribution in [0, 0.1) is 5.92 Å². The van der Waals surface area contributed by atoms with Crippen LogP contribution in [-0.2, 0) is 6.61 Å². The first-order chi connectivity index (χ1) is 12.1. The Morgan fingerprint density at radius 3 is 2.72 bits per heavy atom. The Balaban J connectivity index is 1.36. The fourth-order valence-electron chi connectivity index (χ4n) is 3.74. The van der Waals surface area contributed by atoms with Gasteiger partial charge in [-0.2, -0.15) is 0 Å². The van der Waals surface area contributed by atoms with Crippen LogP contribution in [0.15, 0.2) is 34.9 Å². The standard InChI is InChI=1S/C19H20N2O4/c1-12(22)14-3-6-16(7-4-14)24-11-17-9-18(20-25-17)19(23)21-10-13-2-5-15(21)8-13/h3-4,6-7,9,13,15H,2,5,8,10-11H2,1H3/t13-,15-/m0/s1. The molecule has 0 radical (unpaired) electrons. The Morgan fingerprint density at radius 2 is 2.08 bits per heavy atom. The first kappa shape index (κ1) is 15.9. The molecule has 1 amide bonds. The summed E-state index contributed by atoms with van der Waals surface area (Å²) in [7, 11) is 0. The van der Waals surface area contributed by atoms with Crippen LogP contribution in [0.2, 0.25) is 0 Å². The second kappa shape index (κ2) is 6.35. The normalized spacial score (nSPS) is 21.6. The van der Waals surface area contributed by atoms with Gasteiger partial charge in [-0.25, -0.2) is 0 Å². The number of amides is 1. The second-order valence-corrected chi connectivity index (χ2v) is 6.84. The zero-order valence-corrected chi connectivity index (χ0v) is 14.1. The molecular formula is C19H20N2O4. The number of aromatic nitrogens is 1. The van der Waals surface area contributed by atoms with Crippen molar-refractivity contribution in [1.82, 2.24) is 10.1 Å². The number of hydrogen-bond donors (Lipinski definition) is 0. The number of hydrogen-bond acceptors (Lipinski definition) is 5. The number of carbonyl (C=O) groups is 2. The summed E-state index contributed by atoms with van der Waals surface area (Å²) in [5.41, 5.74) is 0.984. The molecule has 1 saturated carbocycles. The SMILES string of the molecule is CC(=O)c1ccc(OCc2cc(C(=O)N3C[C@H]4CC[C@H]3C4)no2)cc1. The Bertz CT molecular complexity index is 796. The van der Waals surface area contributed by atoms with Crippen LogP contribution in [0.1, 0.15) is 52.8 Å². The maximum absolute atomic E-state index is 12.6. The molecule has 2 heterocycles. The van der Waals surface area contributed by atoms with Crippen LogP contribution in [0.3, 0.4) is 0 Å². The lowest BCUT2D eigenvalue weighted by atomic mass is 10.1. The van der Waals surface area contributed by atoms with Crippen molar-refractivity contribution >= 4 is 11.7 Å². The summed E-state index contributed by atoms with van der Waals surface area (Å²) in [6.07, 6.45) is 3.45. The van der Waals surface area contributed by atoms with E-state index in [4.69, 9.17) is 9.26 Å². The Labute approximate surface area is 145 Å². The molecule has 4 rings (SSSR count). The number of ether oxygens (including phenoxy) is 1. The minimum absolute atomic E-state index is 0.0144. The number of rotatable bonds is 5. The fourth-order valence-corrected chi connectivity index (χ4v) is 3.74. The van der Waals surface area contributed by atoms with Crippen molar-refractivity contribution < 1.29 is 18.8 Å². The molecule has 2 bridgehead atoms. The van der Waals surface area contributed by atoms with Crippen molar-refractivity contribution in [3.63, 3.8) is 0 Å². The molecule has 2 aliphatic rings. The molecule has 0 spiro atoms. The zero-order chi connectivity index (χ0) is 17.4. The van der Waals surface area contributed by atoms with Gasteiger partial charge in [0.1, 0.15) is 12.4 Å². The molecule has 1 aromatic heterocycles.